The Morgan fingerprint density at radius 1 is 1.24 bits per heavy atom. The van der Waals surface area contributed by atoms with Crippen molar-refractivity contribution in [1.29, 1.82) is 0 Å². The van der Waals surface area contributed by atoms with Gasteiger partial charge in [0.1, 0.15) is 0 Å². The van der Waals surface area contributed by atoms with Crippen LogP contribution in [0.5, 0.6) is 0 Å². The average molecular weight is 301 g/mol. The average Bonchev–Trinajstić information content (AvgIpc) is 2.45. The molecule has 0 unspecified atom stereocenters. The molecule has 2 N–H and O–H groups in total. The molecule has 21 heavy (non-hydrogen) atoms. The van der Waals surface area contributed by atoms with Gasteiger partial charge in [0.15, 0.2) is 0 Å². The molecule has 7 heteroatoms. The van der Waals surface area contributed by atoms with Gasteiger partial charge < -0.3 is 15.5 Å². The first kappa shape index (κ1) is 15.6. The van der Waals surface area contributed by atoms with Gasteiger partial charge in [-0.1, -0.05) is 6.92 Å². The van der Waals surface area contributed by atoms with Crippen molar-refractivity contribution in [2.45, 2.75) is 13.1 Å². The minimum Gasteiger partial charge on any atom is -0.399 e. The maximum absolute atomic E-state index is 13.0. The normalized spacial score (nSPS) is 17.0. The molecule has 1 fully saturated rings. The van der Waals surface area contributed by atoms with Crippen LogP contribution < -0.4 is 5.73 Å². The number of anilines is 1. The lowest BCUT2D eigenvalue weighted by atomic mass is 10.0. The number of nitrogens with zero attached hydrogens (tertiary/aromatic N) is 2. The lowest BCUT2D eigenvalue weighted by molar-refractivity contribution is -0.138. The maximum Gasteiger partial charge on any atom is 0.417 e. The Bertz CT molecular complexity index is 523. The summed E-state index contributed by atoms with van der Waals surface area (Å²) in [6.45, 7) is 5.12. The lowest BCUT2D eigenvalue weighted by Crippen LogP contribution is -2.48. The number of amides is 1. The quantitative estimate of drug-likeness (QED) is 0.851. The van der Waals surface area contributed by atoms with Gasteiger partial charge in [-0.3, -0.25) is 4.79 Å². The molecule has 0 atom stereocenters. The van der Waals surface area contributed by atoms with Crippen LogP contribution in [0.4, 0.5) is 18.9 Å². The van der Waals surface area contributed by atoms with Gasteiger partial charge in [-0.2, -0.15) is 13.2 Å². The van der Waals surface area contributed by atoms with E-state index in [9.17, 15) is 18.0 Å². The molecule has 116 valence electrons. The fourth-order valence-electron chi connectivity index (χ4n) is 2.42. The molecule has 1 heterocycles. The number of nitrogens with two attached hydrogens (primary N) is 1. The highest BCUT2D eigenvalue weighted by atomic mass is 19.4. The summed E-state index contributed by atoms with van der Waals surface area (Å²) >= 11 is 0. The van der Waals surface area contributed by atoms with Crippen LogP contribution in [0.3, 0.4) is 0 Å². The van der Waals surface area contributed by atoms with Crippen LogP contribution in [0.15, 0.2) is 18.2 Å². The molecule has 0 radical (unpaired) electrons. The smallest absolute Gasteiger partial charge is 0.399 e. The summed E-state index contributed by atoms with van der Waals surface area (Å²) in [7, 11) is 0. The Morgan fingerprint density at radius 3 is 2.38 bits per heavy atom. The highest BCUT2D eigenvalue weighted by Crippen LogP contribution is 2.34. The third-order valence-corrected chi connectivity index (χ3v) is 3.69. The highest BCUT2D eigenvalue weighted by molar-refractivity contribution is 5.96. The fourth-order valence-corrected chi connectivity index (χ4v) is 2.42. The second-order valence-corrected chi connectivity index (χ2v) is 5.03. The number of carbonyl (C=O) groups is 1. The molecule has 0 aromatic heterocycles. The van der Waals surface area contributed by atoms with E-state index in [1.165, 1.54) is 11.0 Å². The molecule has 2 rings (SSSR count). The Labute approximate surface area is 121 Å². The summed E-state index contributed by atoms with van der Waals surface area (Å²) in [5, 5.41) is 0. The van der Waals surface area contributed by atoms with E-state index in [0.29, 0.717) is 26.2 Å². The van der Waals surface area contributed by atoms with Gasteiger partial charge in [-0.25, -0.2) is 0 Å². The van der Waals surface area contributed by atoms with Gasteiger partial charge in [0.2, 0.25) is 0 Å². The van der Waals surface area contributed by atoms with Crippen molar-refractivity contribution in [1.82, 2.24) is 9.80 Å². The third kappa shape index (κ3) is 3.47. The van der Waals surface area contributed by atoms with E-state index in [1.807, 2.05) is 6.92 Å². The van der Waals surface area contributed by atoms with Crippen molar-refractivity contribution < 1.29 is 18.0 Å². The van der Waals surface area contributed by atoms with Crippen molar-refractivity contribution in [3.05, 3.63) is 29.3 Å². The van der Waals surface area contributed by atoms with Gasteiger partial charge in [0.05, 0.1) is 11.1 Å². The first-order valence-corrected chi connectivity index (χ1v) is 6.81. The number of hydrogen-bond acceptors (Lipinski definition) is 3. The van der Waals surface area contributed by atoms with Crippen molar-refractivity contribution in [2.75, 3.05) is 38.5 Å². The maximum atomic E-state index is 13.0. The minimum atomic E-state index is -4.59. The Kier molecular flexibility index (Phi) is 4.41. The van der Waals surface area contributed by atoms with E-state index < -0.39 is 17.6 Å². The molecule has 1 aliphatic heterocycles. The number of hydrogen-bond donors (Lipinski definition) is 1. The largest absolute Gasteiger partial charge is 0.417 e. The summed E-state index contributed by atoms with van der Waals surface area (Å²) in [6, 6.07) is 3.30. The summed E-state index contributed by atoms with van der Waals surface area (Å²) in [5.41, 5.74) is 4.10. The molecule has 0 bridgehead atoms. The second-order valence-electron chi connectivity index (χ2n) is 5.03. The zero-order valence-corrected chi connectivity index (χ0v) is 11.8. The van der Waals surface area contributed by atoms with E-state index in [-0.39, 0.29) is 11.3 Å². The number of nitrogen functional groups attached to an aromatic ring is 1. The molecule has 1 aromatic rings. The van der Waals surface area contributed by atoms with Gasteiger partial charge >= 0.3 is 6.18 Å². The third-order valence-electron chi connectivity index (χ3n) is 3.69. The van der Waals surface area contributed by atoms with Crippen molar-refractivity contribution in [2.24, 2.45) is 0 Å². The summed E-state index contributed by atoms with van der Waals surface area (Å²) in [6.07, 6.45) is -4.59. The van der Waals surface area contributed by atoms with E-state index in [4.69, 9.17) is 5.73 Å². The first-order chi connectivity index (χ1) is 9.82. The molecule has 0 saturated carbocycles. The number of piperazine rings is 1. The van der Waals surface area contributed by atoms with Gasteiger partial charge in [0, 0.05) is 31.9 Å². The van der Waals surface area contributed by atoms with Gasteiger partial charge in [0.25, 0.3) is 5.91 Å². The van der Waals surface area contributed by atoms with Crippen molar-refractivity contribution in [3.63, 3.8) is 0 Å². The molecule has 1 aromatic carbocycles. The van der Waals surface area contributed by atoms with Crippen LogP contribution >= 0.6 is 0 Å². The number of halogens is 3. The number of carbonyl (C=O) groups excluding carboxylic acids is 1. The van der Waals surface area contributed by atoms with E-state index in [2.05, 4.69) is 4.90 Å². The molecule has 0 spiro atoms. The SMILES string of the molecule is CCN1CCN(C(=O)c2ccc(N)cc2C(F)(F)F)CC1. The Hall–Kier alpha value is -1.76. The number of benzene rings is 1. The highest BCUT2D eigenvalue weighted by Gasteiger charge is 2.36. The first-order valence-electron chi connectivity index (χ1n) is 6.81. The zero-order chi connectivity index (χ0) is 15.6. The monoisotopic (exact) mass is 301 g/mol. The topological polar surface area (TPSA) is 49.6 Å². The summed E-state index contributed by atoms with van der Waals surface area (Å²) in [5.74, 6) is -0.585. The zero-order valence-electron chi connectivity index (χ0n) is 11.8. The predicted molar refractivity (Wildman–Crippen MR) is 73.9 cm³/mol. The fraction of sp³-hybridized carbons (Fsp3) is 0.500. The molecule has 1 aliphatic rings. The molecule has 0 aliphatic carbocycles. The molecular formula is C14H18F3N3O. The molecule has 4 nitrogen and oxygen atoms in total. The van der Waals surface area contributed by atoms with Gasteiger partial charge in [-0.05, 0) is 24.7 Å². The lowest BCUT2D eigenvalue weighted by Gasteiger charge is -2.34. The summed E-state index contributed by atoms with van der Waals surface area (Å²) in [4.78, 5) is 16.0. The van der Waals surface area contributed by atoms with Crippen molar-refractivity contribution in [3.8, 4) is 0 Å². The van der Waals surface area contributed by atoms with E-state index in [0.717, 1.165) is 18.7 Å². The van der Waals surface area contributed by atoms with Crippen LogP contribution in [0.2, 0.25) is 0 Å². The van der Waals surface area contributed by atoms with E-state index in [1.54, 1.807) is 0 Å². The number of rotatable bonds is 2. The predicted octanol–water partition coefficient (Wildman–Crippen LogP) is 2.07. The molecule has 1 amide bonds. The Balaban J connectivity index is 2.24. The number of likely N-dealkylation sites (N-methyl/N-ethyl adjacent to an activating group) is 1. The standard InChI is InChI=1S/C14H18F3N3O/c1-2-19-5-7-20(8-6-19)13(21)11-4-3-10(18)9-12(11)14(15,16)17/h3-4,9H,2,5-8,18H2,1H3. The minimum absolute atomic E-state index is 0.00493. The van der Waals surface area contributed by atoms with Crippen LogP contribution in [0.1, 0.15) is 22.8 Å². The van der Waals surface area contributed by atoms with Crippen LogP contribution in [0, 0.1) is 0 Å². The van der Waals surface area contributed by atoms with Crippen LogP contribution in [0.25, 0.3) is 0 Å². The summed E-state index contributed by atoms with van der Waals surface area (Å²) < 4.78 is 39.1. The molecular weight excluding hydrogens is 283 g/mol. The number of alkyl halides is 3. The Morgan fingerprint density at radius 2 is 1.86 bits per heavy atom. The van der Waals surface area contributed by atoms with E-state index >= 15 is 0 Å². The van der Waals surface area contributed by atoms with Crippen LogP contribution in [-0.2, 0) is 6.18 Å². The van der Waals surface area contributed by atoms with Crippen LogP contribution in [-0.4, -0.2) is 48.4 Å². The van der Waals surface area contributed by atoms with Gasteiger partial charge in [-0.15, -0.1) is 0 Å². The molecule has 1 saturated heterocycles. The second kappa shape index (κ2) is 5.93. The van der Waals surface area contributed by atoms with Crippen molar-refractivity contribution >= 4 is 11.6 Å².